The van der Waals surface area contributed by atoms with Gasteiger partial charge in [0.1, 0.15) is 5.82 Å². The number of carbonyl (C=O) groups excluding carboxylic acids is 1. The molecular formula is C12H19N3O2. The normalized spacial score (nSPS) is 10.2. The number of nitrogen functional groups attached to an aromatic ring is 1. The van der Waals surface area contributed by atoms with Crippen LogP contribution in [0.25, 0.3) is 0 Å². The molecule has 0 saturated heterocycles. The Balaban J connectivity index is 2.24. The molecule has 0 radical (unpaired) electrons. The summed E-state index contributed by atoms with van der Waals surface area (Å²) < 4.78 is 5.31. The quantitative estimate of drug-likeness (QED) is 0.699. The maximum absolute atomic E-state index is 11.7. The number of ether oxygens (including phenoxy) is 1. The minimum atomic E-state index is -0.189. The van der Waals surface area contributed by atoms with E-state index in [2.05, 4.69) is 17.2 Å². The van der Waals surface area contributed by atoms with E-state index in [1.165, 1.54) is 0 Å². The van der Waals surface area contributed by atoms with Gasteiger partial charge in [-0.1, -0.05) is 6.92 Å². The van der Waals surface area contributed by atoms with E-state index in [9.17, 15) is 4.79 Å². The van der Waals surface area contributed by atoms with Gasteiger partial charge < -0.3 is 15.8 Å². The number of rotatable bonds is 7. The second kappa shape index (κ2) is 7.62. The molecule has 1 rings (SSSR count). The Morgan fingerprint density at radius 2 is 2.35 bits per heavy atom. The van der Waals surface area contributed by atoms with Gasteiger partial charge in [0, 0.05) is 26.0 Å². The zero-order valence-electron chi connectivity index (χ0n) is 10.1. The van der Waals surface area contributed by atoms with Crippen LogP contribution in [0, 0.1) is 0 Å². The third kappa shape index (κ3) is 4.82. The third-order valence-corrected chi connectivity index (χ3v) is 2.18. The standard InChI is InChI=1S/C12H19N3O2/c1-2-8-17-9-4-7-15-12(16)10-5-3-6-14-11(10)13/h3,5-6H,2,4,7-9H2,1H3,(H2,13,14)(H,15,16). The van der Waals surface area contributed by atoms with E-state index in [1.54, 1.807) is 18.3 Å². The average Bonchev–Trinajstić information content (AvgIpc) is 2.34. The number of hydrogen-bond acceptors (Lipinski definition) is 4. The van der Waals surface area contributed by atoms with Crippen molar-refractivity contribution in [3.63, 3.8) is 0 Å². The molecule has 94 valence electrons. The molecule has 0 spiro atoms. The summed E-state index contributed by atoms with van der Waals surface area (Å²) in [4.78, 5) is 15.5. The first-order valence-corrected chi connectivity index (χ1v) is 5.82. The summed E-state index contributed by atoms with van der Waals surface area (Å²) in [6.45, 7) is 4.07. The lowest BCUT2D eigenvalue weighted by atomic mass is 10.2. The number of anilines is 1. The number of carbonyl (C=O) groups is 1. The summed E-state index contributed by atoms with van der Waals surface area (Å²) in [6, 6.07) is 3.35. The molecule has 0 saturated carbocycles. The fourth-order valence-electron chi connectivity index (χ4n) is 1.33. The van der Waals surface area contributed by atoms with Crippen LogP contribution in [0.1, 0.15) is 30.1 Å². The number of amides is 1. The number of nitrogens with one attached hydrogen (secondary N) is 1. The molecular weight excluding hydrogens is 218 g/mol. The molecule has 0 unspecified atom stereocenters. The lowest BCUT2D eigenvalue weighted by Gasteiger charge is -2.06. The Labute approximate surface area is 101 Å². The van der Waals surface area contributed by atoms with E-state index in [0.717, 1.165) is 19.4 Å². The highest BCUT2D eigenvalue weighted by Gasteiger charge is 2.08. The molecule has 0 fully saturated rings. The molecule has 17 heavy (non-hydrogen) atoms. The van der Waals surface area contributed by atoms with E-state index in [1.807, 2.05) is 0 Å². The first-order chi connectivity index (χ1) is 8.25. The van der Waals surface area contributed by atoms with Crippen molar-refractivity contribution >= 4 is 11.7 Å². The Hall–Kier alpha value is -1.62. The molecule has 1 aromatic heterocycles. The zero-order valence-corrected chi connectivity index (χ0v) is 10.1. The average molecular weight is 237 g/mol. The molecule has 5 nitrogen and oxygen atoms in total. The highest BCUT2D eigenvalue weighted by molar-refractivity contribution is 5.98. The summed E-state index contributed by atoms with van der Waals surface area (Å²) in [7, 11) is 0. The van der Waals surface area contributed by atoms with Crippen molar-refractivity contribution < 1.29 is 9.53 Å². The van der Waals surface area contributed by atoms with Gasteiger partial charge in [-0.3, -0.25) is 4.79 Å². The summed E-state index contributed by atoms with van der Waals surface area (Å²) in [5.41, 5.74) is 6.01. The van der Waals surface area contributed by atoms with Crippen molar-refractivity contribution in [2.24, 2.45) is 0 Å². The van der Waals surface area contributed by atoms with Crippen LogP contribution in [0.3, 0.4) is 0 Å². The molecule has 0 aliphatic carbocycles. The molecule has 1 amide bonds. The number of nitrogens with two attached hydrogens (primary N) is 1. The Morgan fingerprint density at radius 3 is 3.06 bits per heavy atom. The van der Waals surface area contributed by atoms with Gasteiger partial charge in [0.25, 0.3) is 5.91 Å². The predicted molar refractivity (Wildman–Crippen MR) is 66.7 cm³/mol. The second-order valence-electron chi connectivity index (χ2n) is 3.66. The molecule has 0 atom stereocenters. The number of pyridine rings is 1. The van der Waals surface area contributed by atoms with Crippen molar-refractivity contribution in [3.05, 3.63) is 23.9 Å². The summed E-state index contributed by atoms with van der Waals surface area (Å²) in [5, 5.41) is 2.78. The van der Waals surface area contributed by atoms with E-state index in [-0.39, 0.29) is 11.7 Å². The van der Waals surface area contributed by atoms with Crippen molar-refractivity contribution in [2.75, 3.05) is 25.5 Å². The first-order valence-electron chi connectivity index (χ1n) is 5.82. The first kappa shape index (κ1) is 13.4. The smallest absolute Gasteiger partial charge is 0.255 e. The lowest BCUT2D eigenvalue weighted by molar-refractivity contribution is 0.0942. The fraction of sp³-hybridized carbons (Fsp3) is 0.500. The monoisotopic (exact) mass is 237 g/mol. The van der Waals surface area contributed by atoms with Gasteiger partial charge >= 0.3 is 0 Å². The van der Waals surface area contributed by atoms with E-state index in [4.69, 9.17) is 10.5 Å². The van der Waals surface area contributed by atoms with Gasteiger partial charge in [0.05, 0.1) is 5.56 Å². The number of nitrogens with zero attached hydrogens (tertiary/aromatic N) is 1. The summed E-state index contributed by atoms with van der Waals surface area (Å²) in [6.07, 6.45) is 3.37. The van der Waals surface area contributed by atoms with Gasteiger partial charge in [-0.15, -0.1) is 0 Å². The fourth-order valence-corrected chi connectivity index (χ4v) is 1.33. The van der Waals surface area contributed by atoms with Crippen LogP contribution in [0.5, 0.6) is 0 Å². The highest BCUT2D eigenvalue weighted by atomic mass is 16.5. The zero-order chi connectivity index (χ0) is 12.5. The minimum absolute atomic E-state index is 0.189. The number of aromatic nitrogens is 1. The van der Waals surface area contributed by atoms with Crippen LogP contribution in [-0.2, 0) is 4.74 Å². The van der Waals surface area contributed by atoms with Crippen LogP contribution in [0.15, 0.2) is 18.3 Å². The Morgan fingerprint density at radius 1 is 1.53 bits per heavy atom. The number of hydrogen-bond donors (Lipinski definition) is 2. The molecule has 1 heterocycles. The van der Waals surface area contributed by atoms with Gasteiger partial charge in [-0.25, -0.2) is 4.98 Å². The van der Waals surface area contributed by atoms with Gasteiger partial charge in [0.2, 0.25) is 0 Å². The maximum atomic E-state index is 11.7. The molecule has 3 N–H and O–H groups in total. The molecule has 0 bridgehead atoms. The molecule has 0 aliphatic rings. The third-order valence-electron chi connectivity index (χ3n) is 2.18. The highest BCUT2D eigenvalue weighted by Crippen LogP contribution is 2.05. The molecule has 0 aliphatic heterocycles. The largest absolute Gasteiger partial charge is 0.383 e. The SMILES string of the molecule is CCCOCCCNC(=O)c1cccnc1N. The molecule has 0 aromatic carbocycles. The van der Waals surface area contributed by atoms with Crippen LogP contribution in [0.4, 0.5) is 5.82 Å². The lowest BCUT2D eigenvalue weighted by Crippen LogP contribution is -2.26. The van der Waals surface area contributed by atoms with Crippen molar-refractivity contribution in [3.8, 4) is 0 Å². The van der Waals surface area contributed by atoms with Crippen LogP contribution >= 0.6 is 0 Å². The minimum Gasteiger partial charge on any atom is -0.383 e. The Kier molecular flexibility index (Phi) is 6.03. The van der Waals surface area contributed by atoms with Crippen LogP contribution < -0.4 is 11.1 Å². The van der Waals surface area contributed by atoms with E-state index < -0.39 is 0 Å². The van der Waals surface area contributed by atoms with Crippen LogP contribution in [0.2, 0.25) is 0 Å². The van der Waals surface area contributed by atoms with E-state index >= 15 is 0 Å². The van der Waals surface area contributed by atoms with E-state index in [0.29, 0.717) is 18.7 Å². The summed E-state index contributed by atoms with van der Waals surface area (Å²) >= 11 is 0. The van der Waals surface area contributed by atoms with Gasteiger partial charge in [-0.05, 0) is 25.0 Å². The summed E-state index contributed by atoms with van der Waals surface area (Å²) in [5.74, 6) is 0.0679. The molecule has 1 aromatic rings. The van der Waals surface area contributed by atoms with Gasteiger partial charge in [0.15, 0.2) is 0 Å². The van der Waals surface area contributed by atoms with Crippen molar-refractivity contribution in [1.82, 2.24) is 10.3 Å². The molecule has 5 heteroatoms. The van der Waals surface area contributed by atoms with Crippen molar-refractivity contribution in [2.45, 2.75) is 19.8 Å². The second-order valence-corrected chi connectivity index (χ2v) is 3.66. The predicted octanol–water partition coefficient (Wildman–Crippen LogP) is 1.21. The van der Waals surface area contributed by atoms with Crippen LogP contribution in [-0.4, -0.2) is 30.6 Å². The maximum Gasteiger partial charge on any atom is 0.255 e. The Bertz CT molecular complexity index is 355. The van der Waals surface area contributed by atoms with Crippen molar-refractivity contribution in [1.29, 1.82) is 0 Å². The van der Waals surface area contributed by atoms with Gasteiger partial charge in [-0.2, -0.15) is 0 Å². The topological polar surface area (TPSA) is 77.2 Å².